The highest BCUT2D eigenvalue weighted by atomic mass is 79.9. The molecular weight excluding hydrogens is 332 g/mol. The van der Waals surface area contributed by atoms with Crippen molar-refractivity contribution in [3.63, 3.8) is 0 Å². The lowest BCUT2D eigenvalue weighted by Gasteiger charge is -2.10. The lowest BCUT2D eigenvalue weighted by Crippen LogP contribution is -2.20. The number of halogens is 1. The topological polar surface area (TPSA) is 64.3 Å². The molecule has 3 N–H and O–H groups in total. The second kappa shape index (κ2) is 7.24. The molecule has 0 aliphatic rings. The molecule has 0 heterocycles. The molecule has 0 fully saturated rings. The van der Waals surface area contributed by atoms with Gasteiger partial charge in [-0.2, -0.15) is 0 Å². The Bertz CT molecular complexity index is 629. The number of hydrogen-bond acceptors (Lipinski definition) is 3. The Balaban J connectivity index is 1.90. The van der Waals surface area contributed by atoms with Crippen molar-refractivity contribution in [2.75, 3.05) is 11.9 Å². The van der Waals surface area contributed by atoms with Gasteiger partial charge in [0.05, 0.1) is 0 Å². The first-order chi connectivity index (χ1) is 10.0. The molecule has 0 radical (unpaired) electrons. The van der Waals surface area contributed by atoms with Crippen LogP contribution in [0.25, 0.3) is 0 Å². The van der Waals surface area contributed by atoms with E-state index in [0.717, 1.165) is 15.7 Å². The number of hydrogen-bond donors (Lipinski definition) is 2. The standard InChI is InChI=1S/C16H17BrN2O2/c1-11(18)12-4-2-7-15(8-12)21-10-16(20)19-14-6-3-5-13(17)9-14/h2-9,11H,10,18H2,1H3,(H,19,20). The average molecular weight is 349 g/mol. The van der Waals surface area contributed by atoms with E-state index >= 15 is 0 Å². The molecule has 1 amide bonds. The Hall–Kier alpha value is -1.85. The summed E-state index contributed by atoms with van der Waals surface area (Å²) in [5.41, 5.74) is 7.51. The number of nitrogens with one attached hydrogen (secondary N) is 1. The minimum atomic E-state index is -0.209. The van der Waals surface area contributed by atoms with Crippen LogP contribution in [0.2, 0.25) is 0 Å². The van der Waals surface area contributed by atoms with Crippen molar-refractivity contribution in [1.82, 2.24) is 0 Å². The van der Waals surface area contributed by atoms with Crippen LogP contribution < -0.4 is 15.8 Å². The second-order valence-electron chi connectivity index (χ2n) is 4.71. The number of ether oxygens (including phenoxy) is 1. The highest BCUT2D eigenvalue weighted by molar-refractivity contribution is 9.10. The fraction of sp³-hybridized carbons (Fsp3) is 0.188. The number of carbonyl (C=O) groups excluding carboxylic acids is 1. The van der Waals surface area contributed by atoms with E-state index in [9.17, 15) is 4.79 Å². The highest BCUT2D eigenvalue weighted by Gasteiger charge is 2.05. The lowest BCUT2D eigenvalue weighted by molar-refractivity contribution is -0.118. The summed E-state index contributed by atoms with van der Waals surface area (Å²) in [6, 6.07) is 14.8. The van der Waals surface area contributed by atoms with E-state index in [-0.39, 0.29) is 18.6 Å². The van der Waals surface area contributed by atoms with E-state index in [1.54, 1.807) is 6.07 Å². The van der Waals surface area contributed by atoms with Crippen LogP contribution in [0.5, 0.6) is 5.75 Å². The van der Waals surface area contributed by atoms with E-state index in [1.807, 2.05) is 49.4 Å². The van der Waals surface area contributed by atoms with Crippen LogP contribution in [0.3, 0.4) is 0 Å². The molecule has 110 valence electrons. The van der Waals surface area contributed by atoms with Gasteiger partial charge in [0.25, 0.3) is 5.91 Å². The Labute approximate surface area is 132 Å². The summed E-state index contributed by atoms with van der Waals surface area (Å²) in [4.78, 5) is 11.8. The molecular formula is C16H17BrN2O2. The minimum absolute atomic E-state index is 0.0467. The van der Waals surface area contributed by atoms with Crippen molar-refractivity contribution in [1.29, 1.82) is 0 Å². The fourth-order valence-electron chi connectivity index (χ4n) is 1.80. The molecule has 0 aromatic heterocycles. The fourth-order valence-corrected chi connectivity index (χ4v) is 2.20. The molecule has 2 aromatic carbocycles. The number of benzene rings is 2. The average Bonchev–Trinajstić information content (AvgIpc) is 2.45. The van der Waals surface area contributed by atoms with Crippen LogP contribution in [0.1, 0.15) is 18.5 Å². The molecule has 0 bridgehead atoms. The van der Waals surface area contributed by atoms with Crippen molar-refractivity contribution in [2.24, 2.45) is 5.73 Å². The van der Waals surface area contributed by atoms with E-state index in [0.29, 0.717) is 5.75 Å². The zero-order valence-corrected chi connectivity index (χ0v) is 13.3. The minimum Gasteiger partial charge on any atom is -0.484 e. The van der Waals surface area contributed by atoms with Crippen molar-refractivity contribution < 1.29 is 9.53 Å². The van der Waals surface area contributed by atoms with Gasteiger partial charge in [-0.3, -0.25) is 4.79 Å². The quantitative estimate of drug-likeness (QED) is 0.869. The largest absolute Gasteiger partial charge is 0.484 e. The number of nitrogens with two attached hydrogens (primary N) is 1. The molecule has 0 aliphatic heterocycles. The molecule has 5 heteroatoms. The van der Waals surface area contributed by atoms with Crippen molar-refractivity contribution in [2.45, 2.75) is 13.0 Å². The van der Waals surface area contributed by atoms with Gasteiger partial charge < -0.3 is 15.8 Å². The number of carbonyl (C=O) groups is 1. The van der Waals surface area contributed by atoms with Crippen LogP contribution in [-0.2, 0) is 4.79 Å². The van der Waals surface area contributed by atoms with Crippen molar-refractivity contribution in [3.05, 3.63) is 58.6 Å². The molecule has 2 rings (SSSR count). The second-order valence-corrected chi connectivity index (χ2v) is 5.62. The molecule has 4 nitrogen and oxygen atoms in total. The lowest BCUT2D eigenvalue weighted by atomic mass is 10.1. The van der Waals surface area contributed by atoms with E-state index in [4.69, 9.17) is 10.5 Å². The highest BCUT2D eigenvalue weighted by Crippen LogP contribution is 2.18. The number of amides is 1. The van der Waals surface area contributed by atoms with Crippen molar-refractivity contribution in [3.8, 4) is 5.75 Å². The van der Waals surface area contributed by atoms with Gasteiger partial charge in [-0.1, -0.05) is 34.1 Å². The van der Waals surface area contributed by atoms with Crippen LogP contribution in [0.15, 0.2) is 53.0 Å². The van der Waals surface area contributed by atoms with E-state index < -0.39 is 0 Å². The summed E-state index contributed by atoms with van der Waals surface area (Å²) in [6.45, 7) is 1.86. The Morgan fingerprint density at radius 3 is 2.76 bits per heavy atom. The SMILES string of the molecule is CC(N)c1cccc(OCC(=O)Nc2cccc(Br)c2)c1. The van der Waals surface area contributed by atoms with Crippen LogP contribution in [-0.4, -0.2) is 12.5 Å². The molecule has 1 unspecified atom stereocenters. The predicted octanol–water partition coefficient (Wildman–Crippen LogP) is 3.49. The predicted molar refractivity (Wildman–Crippen MR) is 87.3 cm³/mol. The summed E-state index contributed by atoms with van der Waals surface area (Å²) in [7, 11) is 0. The first-order valence-electron chi connectivity index (χ1n) is 6.58. The zero-order valence-electron chi connectivity index (χ0n) is 11.7. The van der Waals surface area contributed by atoms with Gasteiger partial charge in [-0.15, -0.1) is 0 Å². The number of rotatable bonds is 5. The molecule has 0 aliphatic carbocycles. The summed E-state index contributed by atoms with van der Waals surface area (Å²) < 4.78 is 6.39. The van der Waals surface area contributed by atoms with Gasteiger partial charge in [0.1, 0.15) is 5.75 Å². The third-order valence-corrected chi connectivity index (χ3v) is 3.36. The maximum absolute atomic E-state index is 11.8. The molecule has 0 saturated carbocycles. The summed E-state index contributed by atoms with van der Waals surface area (Å²) >= 11 is 3.35. The Morgan fingerprint density at radius 1 is 1.29 bits per heavy atom. The molecule has 2 aromatic rings. The first kappa shape index (κ1) is 15.5. The summed E-state index contributed by atoms with van der Waals surface area (Å²) in [5.74, 6) is 0.425. The van der Waals surface area contributed by atoms with Crippen LogP contribution in [0, 0.1) is 0 Å². The maximum Gasteiger partial charge on any atom is 0.262 e. The van der Waals surface area contributed by atoms with Gasteiger partial charge >= 0.3 is 0 Å². The molecule has 0 saturated heterocycles. The monoisotopic (exact) mass is 348 g/mol. The van der Waals surface area contributed by atoms with Crippen molar-refractivity contribution >= 4 is 27.5 Å². The summed E-state index contributed by atoms with van der Waals surface area (Å²) in [6.07, 6.45) is 0. The number of anilines is 1. The van der Waals surface area contributed by atoms with Gasteiger partial charge in [0.2, 0.25) is 0 Å². The molecule has 1 atom stereocenters. The van der Waals surface area contributed by atoms with Gasteiger partial charge in [-0.05, 0) is 42.8 Å². The van der Waals surface area contributed by atoms with Crippen LogP contribution >= 0.6 is 15.9 Å². The first-order valence-corrected chi connectivity index (χ1v) is 7.37. The molecule has 0 spiro atoms. The van der Waals surface area contributed by atoms with E-state index in [1.165, 1.54) is 0 Å². The summed E-state index contributed by atoms with van der Waals surface area (Å²) in [5, 5.41) is 2.77. The third-order valence-electron chi connectivity index (χ3n) is 2.86. The van der Waals surface area contributed by atoms with Gasteiger partial charge in [0, 0.05) is 16.2 Å². The smallest absolute Gasteiger partial charge is 0.262 e. The maximum atomic E-state index is 11.8. The zero-order chi connectivity index (χ0) is 15.2. The van der Waals surface area contributed by atoms with Gasteiger partial charge in [0.15, 0.2) is 6.61 Å². The third kappa shape index (κ3) is 4.88. The molecule has 21 heavy (non-hydrogen) atoms. The van der Waals surface area contributed by atoms with Gasteiger partial charge in [-0.25, -0.2) is 0 Å². The Kier molecular flexibility index (Phi) is 5.36. The van der Waals surface area contributed by atoms with E-state index in [2.05, 4.69) is 21.2 Å². The normalized spacial score (nSPS) is 11.8. The van der Waals surface area contributed by atoms with Crippen LogP contribution in [0.4, 0.5) is 5.69 Å². The Morgan fingerprint density at radius 2 is 2.05 bits per heavy atom.